The SMILES string of the molecule is CCCNC(=O)c1ccccc1N1C(=O)[C@@H]2Cc3c([nH]c4ccccc34)[C@@H](c3ccc(C(C)C)cc3)N2C1=O. The molecule has 0 unspecified atom stereocenters. The van der Waals surface area contributed by atoms with Crippen LogP contribution >= 0.6 is 0 Å². The molecule has 0 aliphatic carbocycles. The molecule has 2 atom stereocenters. The minimum atomic E-state index is -0.675. The molecule has 0 bridgehead atoms. The number of carbonyl (C=O) groups is 3. The summed E-state index contributed by atoms with van der Waals surface area (Å²) in [6.07, 6.45) is 1.19. The Morgan fingerprint density at radius 1 is 1.00 bits per heavy atom. The molecule has 0 radical (unpaired) electrons. The van der Waals surface area contributed by atoms with Crippen LogP contribution in [-0.2, 0) is 11.2 Å². The first kappa shape index (κ1) is 24.9. The molecule has 6 rings (SSSR count). The van der Waals surface area contributed by atoms with Crippen molar-refractivity contribution in [3.8, 4) is 0 Å². The first-order chi connectivity index (χ1) is 18.9. The fraction of sp³-hybridized carbons (Fsp3) is 0.281. The second-order valence-electron chi connectivity index (χ2n) is 10.6. The maximum absolute atomic E-state index is 14.2. The first-order valence-corrected chi connectivity index (χ1v) is 13.6. The summed E-state index contributed by atoms with van der Waals surface area (Å²) < 4.78 is 0. The van der Waals surface area contributed by atoms with E-state index >= 15 is 0 Å². The molecule has 2 aliphatic rings. The van der Waals surface area contributed by atoms with Crippen molar-refractivity contribution in [3.63, 3.8) is 0 Å². The topological polar surface area (TPSA) is 85.5 Å². The number of rotatable bonds is 6. The van der Waals surface area contributed by atoms with Gasteiger partial charge in [-0.15, -0.1) is 0 Å². The number of fused-ring (bicyclic) bond motifs is 4. The molecule has 7 nitrogen and oxygen atoms in total. The van der Waals surface area contributed by atoms with E-state index in [0.29, 0.717) is 30.1 Å². The Labute approximate surface area is 227 Å². The molecule has 3 heterocycles. The van der Waals surface area contributed by atoms with Crippen LogP contribution in [0.15, 0.2) is 72.8 Å². The maximum atomic E-state index is 14.2. The number of nitrogens with zero attached hydrogens (tertiary/aromatic N) is 2. The average Bonchev–Trinajstić information content (AvgIpc) is 3.44. The lowest BCUT2D eigenvalue weighted by Gasteiger charge is -2.36. The van der Waals surface area contributed by atoms with E-state index in [1.807, 2.05) is 25.1 Å². The Kier molecular flexibility index (Phi) is 6.22. The molecule has 0 spiro atoms. The van der Waals surface area contributed by atoms with Gasteiger partial charge >= 0.3 is 6.03 Å². The minimum Gasteiger partial charge on any atom is -0.356 e. The average molecular weight is 521 g/mol. The summed E-state index contributed by atoms with van der Waals surface area (Å²) in [5.74, 6) is -0.229. The van der Waals surface area contributed by atoms with Crippen molar-refractivity contribution in [3.05, 3.63) is 101 Å². The van der Waals surface area contributed by atoms with Crippen molar-refractivity contribution >= 4 is 34.4 Å². The van der Waals surface area contributed by atoms with Crippen LogP contribution in [0.2, 0.25) is 0 Å². The Balaban J connectivity index is 1.48. The zero-order valence-corrected chi connectivity index (χ0v) is 22.4. The van der Waals surface area contributed by atoms with E-state index in [1.165, 1.54) is 10.5 Å². The summed E-state index contributed by atoms with van der Waals surface area (Å²) in [6.45, 7) is 6.79. The standard InChI is InChI=1S/C32H32N4O3/c1-4-17-33-30(37)23-10-6-8-12-26(23)36-31(38)27-18-24-22-9-5-7-11-25(22)34-28(24)29(35(27)32(36)39)21-15-13-20(14-16-21)19(2)3/h5-16,19,27,29,34H,4,17-18H2,1-3H3,(H,33,37)/t27-,29+/m0/s1. The summed E-state index contributed by atoms with van der Waals surface area (Å²) in [6, 6.07) is 21.7. The third-order valence-electron chi connectivity index (χ3n) is 7.89. The number of amides is 4. The second kappa shape index (κ2) is 9.73. The smallest absolute Gasteiger partial charge is 0.332 e. The molecule has 1 fully saturated rings. The summed E-state index contributed by atoms with van der Waals surface area (Å²) in [4.78, 5) is 47.7. The van der Waals surface area contributed by atoms with Crippen LogP contribution in [0.25, 0.3) is 10.9 Å². The Bertz CT molecular complexity index is 1590. The highest BCUT2D eigenvalue weighted by Crippen LogP contribution is 2.45. The largest absolute Gasteiger partial charge is 0.356 e. The van der Waals surface area contributed by atoms with Gasteiger partial charge < -0.3 is 10.3 Å². The number of anilines is 1. The molecule has 7 heteroatoms. The molecule has 0 saturated carbocycles. The molecular formula is C32H32N4O3. The molecule has 1 saturated heterocycles. The zero-order valence-electron chi connectivity index (χ0n) is 22.4. The maximum Gasteiger partial charge on any atom is 0.332 e. The lowest BCUT2D eigenvalue weighted by atomic mass is 9.88. The van der Waals surface area contributed by atoms with E-state index in [4.69, 9.17) is 0 Å². The van der Waals surface area contributed by atoms with E-state index in [0.717, 1.165) is 34.1 Å². The van der Waals surface area contributed by atoms with E-state index in [9.17, 15) is 14.4 Å². The van der Waals surface area contributed by atoms with Crippen LogP contribution in [0.5, 0.6) is 0 Å². The van der Waals surface area contributed by atoms with Gasteiger partial charge in [-0.05, 0) is 47.2 Å². The van der Waals surface area contributed by atoms with Crippen molar-refractivity contribution in [2.75, 3.05) is 11.4 Å². The van der Waals surface area contributed by atoms with E-state index in [1.54, 1.807) is 29.2 Å². The number of hydrogen-bond donors (Lipinski definition) is 2. The number of urea groups is 1. The first-order valence-electron chi connectivity index (χ1n) is 13.6. The summed E-state index contributed by atoms with van der Waals surface area (Å²) in [5.41, 5.74) is 5.76. The molecule has 4 aromatic rings. The zero-order chi connectivity index (χ0) is 27.3. The fourth-order valence-electron chi connectivity index (χ4n) is 5.90. The van der Waals surface area contributed by atoms with Gasteiger partial charge in [0.2, 0.25) is 0 Å². The van der Waals surface area contributed by atoms with E-state index < -0.39 is 18.1 Å². The molecule has 1 aromatic heterocycles. The third kappa shape index (κ3) is 4.00. The molecule has 3 aromatic carbocycles. The van der Waals surface area contributed by atoms with Gasteiger partial charge in [-0.3, -0.25) is 14.5 Å². The molecule has 39 heavy (non-hydrogen) atoms. The van der Waals surface area contributed by atoms with E-state index in [-0.39, 0.29) is 11.8 Å². The normalized spacial score (nSPS) is 18.6. The van der Waals surface area contributed by atoms with Gasteiger partial charge in [0, 0.05) is 29.6 Å². The van der Waals surface area contributed by atoms with Crippen molar-refractivity contribution < 1.29 is 14.4 Å². The van der Waals surface area contributed by atoms with Gasteiger partial charge in [0.1, 0.15) is 12.1 Å². The highest BCUT2D eigenvalue weighted by molar-refractivity contribution is 6.24. The molecule has 198 valence electrons. The van der Waals surface area contributed by atoms with Crippen LogP contribution in [0.1, 0.15) is 71.9 Å². The van der Waals surface area contributed by atoms with Crippen molar-refractivity contribution in [1.82, 2.24) is 15.2 Å². The molecule has 2 aliphatic heterocycles. The number of aromatic nitrogens is 1. The van der Waals surface area contributed by atoms with Gasteiger partial charge in [0.15, 0.2) is 0 Å². The number of nitrogens with one attached hydrogen (secondary N) is 2. The van der Waals surface area contributed by atoms with Gasteiger partial charge in [0.05, 0.1) is 11.3 Å². The van der Waals surface area contributed by atoms with Gasteiger partial charge in [0.25, 0.3) is 11.8 Å². The predicted molar refractivity (Wildman–Crippen MR) is 152 cm³/mol. The predicted octanol–water partition coefficient (Wildman–Crippen LogP) is 5.91. The second-order valence-corrected chi connectivity index (χ2v) is 10.6. The summed E-state index contributed by atoms with van der Waals surface area (Å²) >= 11 is 0. The van der Waals surface area contributed by atoms with Crippen LogP contribution in [0.4, 0.5) is 10.5 Å². The number of aromatic amines is 1. The quantitative estimate of drug-likeness (QED) is 0.310. The summed E-state index contributed by atoms with van der Waals surface area (Å²) in [7, 11) is 0. The Morgan fingerprint density at radius 3 is 2.46 bits per heavy atom. The number of imide groups is 1. The summed E-state index contributed by atoms with van der Waals surface area (Å²) in [5, 5.41) is 3.94. The van der Waals surface area contributed by atoms with Gasteiger partial charge in [-0.2, -0.15) is 0 Å². The highest BCUT2D eigenvalue weighted by atomic mass is 16.2. The number of H-pyrrole nitrogens is 1. The van der Waals surface area contributed by atoms with Crippen molar-refractivity contribution in [2.45, 2.75) is 51.6 Å². The molecule has 2 N–H and O–H groups in total. The third-order valence-corrected chi connectivity index (χ3v) is 7.89. The lowest BCUT2D eigenvalue weighted by molar-refractivity contribution is -0.120. The van der Waals surface area contributed by atoms with Gasteiger partial charge in [-0.25, -0.2) is 9.69 Å². The highest BCUT2D eigenvalue weighted by Gasteiger charge is 2.53. The van der Waals surface area contributed by atoms with Crippen LogP contribution in [0.3, 0.4) is 0 Å². The number of para-hydroxylation sites is 2. The molecular weight excluding hydrogens is 488 g/mol. The van der Waals surface area contributed by atoms with Crippen LogP contribution in [-0.4, -0.2) is 40.3 Å². The Morgan fingerprint density at radius 2 is 1.72 bits per heavy atom. The number of hydrogen-bond acceptors (Lipinski definition) is 3. The monoisotopic (exact) mass is 520 g/mol. The molecule has 4 amide bonds. The van der Waals surface area contributed by atoms with Crippen LogP contribution < -0.4 is 10.2 Å². The minimum absolute atomic E-state index is 0.296. The van der Waals surface area contributed by atoms with Crippen molar-refractivity contribution in [1.29, 1.82) is 0 Å². The fourth-order valence-corrected chi connectivity index (χ4v) is 5.90. The van der Waals surface area contributed by atoms with Gasteiger partial charge in [-0.1, -0.05) is 75.4 Å². The van der Waals surface area contributed by atoms with E-state index in [2.05, 4.69) is 54.5 Å². The van der Waals surface area contributed by atoms with Crippen LogP contribution in [0, 0.1) is 0 Å². The number of benzene rings is 3. The Hall–Kier alpha value is -4.39. The number of carbonyl (C=O) groups excluding carboxylic acids is 3. The lowest BCUT2D eigenvalue weighted by Crippen LogP contribution is -2.44. The van der Waals surface area contributed by atoms with Crippen molar-refractivity contribution in [2.24, 2.45) is 0 Å².